The first-order valence-corrected chi connectivity index (χ1v) is 8.68. The maximum absolute atomic E-state index is 13.6. The Hall–Kier alpha value is -2.64. The van der Waals surface area contributed by atoms with Crippen molar-refractivity contribution in [3.63, 3.8) is 0 Å². The number of anilines is 1. The van der Waals surface area contributed by atoms with Crippen molar-refractivity contribution in [1.29, 1.82) is 0 Å². The van der Waals surface area contributed by atoms with Gasteiger partial charge in [-0.25, -0.2) is 13.2 Å². The van der Waals surface area contributed by atoms with Gasteiger partial charge in [-0.1, -0.05) is 18.2 Å². The average Bonchev–Trinajstić information content (AvgIpc) is 3.13. The van der Waals surface area contributed by atoms with Crippen molar-refractivity contribution in [1.82, 2.24) is 5.32 Å². The Balaban J connectivity index is 1.69. The summed E-state index contributed by atoms with van der Waals surface area (Å²) in [6.07, 6.45) is 0. The van der Waals surface area contributed by atoms with E-state index >= 15 is 0 Å². The molecule has 0 bridgehead atoms. The number of halogens is 3. The molecule has 0 spiro atoms. The lowest BCUT2D eigenvalue weighted by Crippen LogP contribution is -2.31. The molecule has 0 saturated heterocycles. The lowest BCUT2D eigenvalue weighted by molar-refractivity contribution is -0.115. The molecule has 2 N–H and O–H groups in total. The van der Waals surface area contributed by atoms with E-state index in [0.717, 1.165) is 16.5 Å². The molecule has 3 aromatic rings. The summed E-state index contributed by atoms with van der Waals surface area (Å²) >= 11 is 1.50. The largest absolute Gasteiger partial charge is 0.322 e. The minimum absolute atomic E-state index is 0.0901. The Bertz CT molecular complexity index is 882. The van der Waals surface area contributed by atoms with E-state index in [1.807, 2.05) is 17.5 Å². The van der Waals surface area contributed by atoms with Crippen molar-refractivity contribution >= 4 is 22.9 Å². The second kappa shape index (κ2) is 8.16. The van der Waals surface area contributed by atoms with Crippen LogP contribution >= 0.6 is 11.3 Å². The van der Waals surface area contributed by atoms with E-state index in [0.29, 0.717) is 6.07 Å². The normalized spacial score (nSPS) is 12.0. The van der Waals surface area contributed by atoms with Crippen LogP contribution in [-0.4, -0.2) is 12.5 Å². The fourth-order valence-electron chi connectivity index (χ4n) is 2.47. The van der Waals surface area contributed by atoms with Crippen LogP contribution in [0.15, 0.2) is 60.0 Å². The molecule has 0 fully saturated rings. The van der Waals surface area contributed by atoms with Crippen molar-refractivity contribution in [3.8, 4) is 0 Å². The van der Waals surface area contributed by atoms with E-state index in [-0.39, 0.29) is 24.1 Å². The van der Waals surface area contributed by atoms with E-state index in [1.165, 1.54) is 29.5 Å². The Labute approximate surface area is 152 Å². The zero-order chi connectivity index (χ0) is 18.5. The number of thiophene rings is 1. The third-order valence-electron chi connectivity index (χ3n) is 3.70. The molecule has 26 heavy (non-hydrogen) atoms. The molecule has 2 aromatic carbocycles. The van der Waals surface area contributed by atoms with Crippen molar-refractivity contribution in [2.45, 2.75) is 6.04 Å². The number of carbonyl (C=O) groups is 1. The van der Waals surface area contributed by atoms with Gasteiger partial charge in [-0.3, -0.25) is 10.1 Å². The molecule has 1 amide bonds. The van der Waals surface area contributed by atoms with Crippen LogP contribution in [0.2, 0.25) is 0 Å². The number of rotatable bonds is 6. The average molecular weight is 376 g/mol. The molecule has 1 unspecified atom stereocenters. The van der Waals surface area contributed by atoms with Crippen LogP contribution in [0.3, 0.4) is 0 Å². The first-order chi connectivity index (χ1) is 12.5. The number of amides is 1. The molecule has 7 heteroatoms. The Morgan fingerprint density at radius 2 is 1.73 bits per heavy atom. The number of nitrogens with one attached hydrogen (secondary N) is 2. The van der Waals surface area contributed by atoms with Gasteiger partial charge in [0.15, 0.2) is 0 Å². The van der Waals surface area contributed by atoms with Crippen LogP contribution in [0.25, 0.3) is 0 Å². The number of carbonyl (C=O) groups excluding carboxylic acids is 1. The number of hydrogen-bond donors (Lipinski definition) is 2. The van der Waals surface area contributed by atoms with E-state index < -0.39 is 17.5 Å². The number of hydrogen-bond acceptors (Lipinski definition) is 3. The van der Waals surface area contributed by atoms with E-state index in [1.54, 1.807) is 12.1 Å². The lowest BCUT2D eigenvalue weighted by Gasteiger charge is -2.18. The molecule has 134 valence electrons. The summed E-state index contributed by atoms with van der Waals surface area (Å²) < 4.78 is 39.7. The number of benzene rings is 2. The second-order valence-corrected chi connectivity index (χ2v) is 6.53. The third kappa shape index (κ3) is 4.50. The smallest absolute Gasteiger partial charge is 0.238 e. The van der Waals surface area contributed by atoms with Gasteiger partial charge in [0.05, 0.1) is 18.3 Å². The second-order valence-electron chi connectivity index (χ2n) is 5.55. The van der Waals surface area contributed by atoms with Gasteiger partial charge in [0.25, 0.3) is 0 Å². The molecule has 0 saturated carbocycles. The molecular formula is C19H15F3N2OS. The molecule has 0 radical (unpaired) electrons. The zero-order valence-electron chi connectivity index (χ0n) is 13.5. The van der Waals surface area contributed by atoms with Gasteiger partial charge in [-0.2, -0.15) is 0 Å². The molecule has 3 rings (SSSR count). The Morgan fingerprint density at radius 1 is 1.00 bits per heavy atom. The van der Waals surface area contributed by atoms with E-state index in [9.17, 15) is 18.0 Å². The van der Waals surface area contributed by atoms with Crippen molar-refractivity contribution in [2.75, 3.05) is 11.9 Å². The van der Waals surface area contributed by atoms with Gasteiger partial charge in [0.2, 0.25) is 5.91 Å². The quantitative estimate of drug-likeness (QED) is 0.666. The van der Waals surface area contributed by atoms with Gasteiger partial charge in [-0.15, -0.1) is 11.3 Å². The van der Waals surface area contributed by atoms with Crippen LogP contribution in [0.4, 0.5) is 18.9 Å². The fourth-order valence-corrected chi connectivity index (χ4v) is 3.30. The highest BCUT2D eigenvalue weighted by Crippen LogP contribution is 2.26. The molecule has 1 aromatic heterocycles. The first kappa shape index (κ1) is 18.2. The standard InChI is InChI=1S/C19H15F3N2OS/c20-13-5-3-12(4-6-13)19(17-2-1-9-26-17)23-11-18(25)24-16-8-7-14(21)10-15(16)22/h1-10,19,23H,11H2,(H,24,25). The van der Waals surface area contributed by atoms with Crippen LogP contribution in [-0.2, 0) is 4.79 Å². The minimum Gasteiger partial charge on any atom is -0.322 e. The first-order valence-electron chi connectivity index (χ1n) is 7.80. The summed E-state index contributed by atoms with van der Waals surface area (Å²) in [6.45, 7) is -0.100. The van der Waals surface area contributed by atoms with Gasteiger partial charge in [-0.05, 0) is 41.3 Å². The highest BCUT2D eigenvalue weighted by molar-refractivity contribution is 7.10. The summed E-state index contributed by atoms with van der Waals surface area (Å²) in [5.41, 5.74) is 0.710. The summed E-state index contributed by atoms with van der Waals surface area (Å²) in [7, 11) is 0. The SMILES string of the molecule is O=C(CNC(c1ccc(F)cc1)c1cccs1)Nc1ccc(F)cc1F. The Morgan fingerprint density at radius 3 is 2.38 bits per heavy atom. The van der Waals surface area contributed by atoms with Crippen molar-refractivity contribution in [2.24, 2.45) is 0 Å². The van der Waals surface area contributed by atoms with E-state index in [2.05, 4.69) is 10.6 Å². The summed E-state index contributed by atoms with van der Waals surface area (Å²) in [5, 5.41) is 7.39. The molecule has 0 aliphatic heterocycles. The predicted molar refractivity (Wildman–Crippen MR) is 95.6 cm³/mol. The zero-order valence-corrected chi connectivity index (χ0v) is 14.3. The van der Waals surface area contributed by atoms with Gasteiger partial charge in [0.1, 0.15) is 17.5 Å². The predicted octanol–water partition coefficient (Wildman–Crippen LogP) is 4.48. The van der Waals surface area contributed by atoms with Gasteiger partial charge < -0.3 is 5.32 Å². The maximum atomic E-state index is 13.6. The monoisotopic (exact) mass is 376 g/mol. The van der Waals surface area contributed by atoms with Crippen LogP contribution in [0, 0.1) is 17.5 Å². The summed E-state index contributed by atoms with van der Waals surface area (Å²) in [6, 6.07) is 12.4. The maximum Gasteiger partial charge on any atom is 0.238 e. The van der Waals surface area contributed by atoms with Crippen LogP contribution < -0.4 is 10.6 Å². The molecular weight excluding hydrogens is 361 g/mol. The van der Waals surface area contributed by atoms with Crippen molar-refractivity contribution in [3.05, 3.63) is 87.9 Å². The topological polar surface area (TPSA) is 41.1 Å². The van der Waals surface area contributed by atoms with Gasteiger partial charge in [0, 0.05) is 10.9 Å². The Kier molecular flexibility index (Phi) is 5.70. The molecule has 1 heterocycles. The highest BCUT2D eigenvalue weighted by atomic mass is 32.1. The minimum atomic E-state index is -0.841. The third-order valence-corrected chi connectivity index (χ3v) is 4.64. The molecule has 1 atom stereocenters. The summed E-state index contributed by atoms with van der Waals surface area (Å²) in [5.74, 6) is -2.37. The van der Waals surface area contributed by atoms with Crippen LogP contribution in [0.1, 0.15) is 16.5 Å². The van der Waals surface area contributed by atoms with E-state index in [4.69, 9.17) is 0 Å². The van der Waals surface area contributed by atoms with Crippen LogP contribution in [0.5, 0.6) is 0 Å². The lowest BCUT2D eigenvalue weighted by atomic mass is 10.1. The van der Waals surface area contributed by atoms with Crippen molar-refractivity contribution < 1.29 is 18.0 Å². The molecule has 3 nitrogen and oxygen atoms in total. The fraction of sp³-hybridized carbons (Fsp3) is 0.105. The summed E-state index contributed by atoms with van der Waals surface area (Å²) in [4.78, 5) is 13.1. The molecule has 0 aliphatic rings. The van der Waals surface area contributed by atoms with Gasteiger partial charge >= 0.3 is 0 Å². The highest BCUT2D eigenvalue weighted by Gasteiger charge is 2.17. The molecule has 0 aliphatic carbocycles.